The van der Waals surface area contributed by atoms with Crippen LogP contribution in [-0.2, 0) is 4.79 Å². The molecule has 0 aliphatic rings. The maximum absolute atomic E-state index is 11.7. The number of nitrogens with one attached hydrogen (secondary N) is 1. The van der Waals surface area contributed by atoms with Crippen LogP contribution in [0, 0.1) is 19.8 Å². The zero-order valence-electron chi connectivity index (χ0n) is 10.6. The van der Waals surface area contributed by atoms with Crippen LogP contribution in [0.25, 0.3) is 0 Å². The van der Waals surface area contributed by atoms with E-state index in [0.29, 0.717) is 17.5 Å². The van der Waals surface area contributed by atoms with Crippen molar-refractivity contribution in [2.24, 2.45) is 11.7 Å². The van der Waals surface area contributed by atoms with Crippen LogP contribution in [0.1, 0.15) is 30.8 Å². The number of hydrogen-bond acceptors (Lipinski definition) is 4. The van der Waals surface area contributed by atoms with Crippen LogP contribution in [0.5, 0.6) is 0 Å². The molecule has 1 atom stereocenters. The predicted octanol–water partition coefficient (Wildman–Crippen LogP) is 2.49. The van der Waals surface area contributed by atoms with E-state index in [2.05, 4.69) is 10.3 Å². The number of aryl methyl sites for hydroxylation is 2. The molecule has 0 fully saturated rings. The Morgan fingerprint density at radius 1 is 1.47 bits per heavy atom. The first-order valence-electron chi connectivity index (χ1n) is 5.40. The number of carbonyl (C=O) groups is 1. The lowest BCUT2D eigenvalue weighted by molar-refractivity contribution is -0.117. The number of thiazole rings is 1. The molecule has 0 unspecified atom stereocenters. The van der Waals surface area contributed by atoms with Crippen molar-refractivity contribution in [3.8, 4) is 0 Å². The van der Waals surface area contributed by atoms with Crippen molar-refractivity contribution in [2.75, 3.05) is 5.32 Å². The molecular formula is C11H20ClN3OS. The average Bonchev–Trinajstić information content (AvgIpc) is 2.44. The molecule has 0 spiro atoms. The van der Waals surface area contributed by atoms with Gasteiger partial charge in [0.05, 0.1) is 11.7 Å². The number of halogens is 1. The first-order chi connectivity index (χ1) is 7.40. The first-order valence-corrected chi connectivity index (χ1v) is 6.22. The Morgan fingerprint density at radius 3 is 2.47 bits per heavy atom. The molecule has 1 aromatic rings. The van der Waals surface area contributed by atoms with Crippen molar-refractivity contribution in [1.29, 1.82) is 0 Å². The molecule has 1 amide bonds. The van der Waals surface area contributed by atoms with Gasteiger partial charge in [0.1, 0.15) is 0 Å². The van der Waals surface area contributed by atoms with Gasteiger partial charge in [0, 0.05) is 4.88 Å². The molecule has 3 N–H and O–H groups in total. The summed E-state index contributed by atoms with van der Waals surface area (Å²) in [5.41, 5.74) is 6.73. The SMILES string of the molecule is Cc1nc(NC(=O)[C@@H](N)CC(C)C)sc1C.Cl. The average molecular weight is 278 g/mol. The third kappa shape index (κ3) is 5.02. The molecule has 0 saturated carbocycles. The molecule has 1 rings (SSSR count). The van der Waals surface area contributed by atoms with Gasteiger partial charge in [0.25, 0.3) is 0 Å². The second kappa shape index (κ2) is 6.93. The lowest BCUT2D eigenvalue weighted by Gasteiger charge is -2.12. The Morgan fingerprint density at radius 2 is 2.06 bits per heavy atom. The van der Waals surface area contributed by atoms with E-state index in [4.69, 9.17) is 5.73 Å². The van der Waals surface area contributed by atoms with Gasteiger partial charge in [-0.15, -0.1) is 23.7 Å². The zero-order valence-corrected chi connectivity index (χ0v) is 12.2. The number of carbonyl (C=O) groups excluding carboxylic acids is 1. The lowest BCUT2D eigenvalue weighted by Crippen LogP contribution is -2.36. The molecule has 0 saturated heterocycles. The van der Waals surface area contributed by atoms with Crippen molar-refractivity contribution in [3.63, 3.8) is 0 Å². The smallest absolute Gasteiger partial charge is 0.243 e. The maximum Gasteiger partial charge on any atom is 0.243 e. The van der Waals surface area contributed by atoms with Gasteiger partial charge in [0.2, 0.25) is 5.91 Å². The normalized spacial score (nSPS) is 12.1. The third-order valence-electron chi connectivity index (χ3n) is 2.32. The Balaban J connectivity index is 0.00000256. The van der Waals surface area contributed by atoms with E-state index in [-0.39, 0.29) is 18.3 Å². The van der Waals surface area contributed by atoms with E-state index >= 15 is 0 Å². The summed E-state index contributed by atoms with van der Waals surface area (Å²) in [7, 11) is 0. The van der Waals surface area contributed by atoms with Crippen LogP contribution in [0.4, 0.5) is 5.13 Å². The van der Waals surface area contributed by atoms with Crippen LogP contribution in [0.2, 0.25) is 0 Å². The van der Waals surface area contributed by atoms with Crippen molar-refractivity contribution in [2.45, 2.75) is 40.2 Å². The summed E-state index contributed by atoms with van der Waals surface area (Å²) in [4.78, 5) is 17.1. The van der Waals surface area contributed by atoms with Gasteiger partial charge in [-0.05, 0) is 26.2 Å². The summed E-state index contributed by atoms with van der Waals surface area (Å²) in [6.07, 6.45) is 0.690. The van der Waals surface area contributed by atoms with E-state index in [1.54, 1.807) is 0 Å². The fraction of sp³-hybridized carbons (Fsp3) is 0.636. The van der Waals surface area contributed by atoms with E-state index < -0.39 is 6.04 Å². The van der Waals surface area contributed by atoms with Crippen LogP contribution in [0.15, 0.2) is 0 Å². The molecule has 17 heavy (non-hydrogen) atoms. The molecule has 6 heteroatoms. The summed E-state index contributed by atoms with van der Waals surface area (Å²) in [6, 6.07) is -0.454. The topological polar surface area (TPSA) is 68.0 Å². The maximum atomic E-state index is 11.7. The molecule has 4 nitrogen and oxygen atoms in total. The zero-order chi connectivity index (χ0) is 12.3. The molecule has 0 aliphatic carbocycles. The van der Waals surface area contributed by atoms with Crippen molar-refractivity contribution >= 4 is 34.8 Å². The fourth-order valence-electron chi connectivity index (χ4n) is 1.34. The van der Waals surface area contributed by atoms with Crippen LogP contribution in [0.3, 0.4) is 0 Å². The number of nitrogens with zero attached hydrogens (tertiary/aromatic N) is 1. The largest absolute Gasteiger partial charge is 0.320 e. The number of nitrogens with two attached hydrogens (primary N) is 1. The number of aromatic nitrogens is 1. The number of rotatable bonds is 4. The highest BCUT2D eigenvalue weighted by Gasteiger charge is 2.16. The second-order valence-electron chi connectivity index (χ2n) is 4.39. The van der Waals surface area contributed by atoms with Crippen LogP contribution >= 0.6 is 23.7 Å². The third-order valence-corrected chi connectivity index (χ3v) is 3.31. The summed E-state index contributed by atoms with van der Waals surface area (Å²) < 4.78 is 0. The molecule has 98 valence electrons. The Hall–Kier alpha value is -0.650. The Bertz CT molecular complexity index is 359. The van der Waals surface area contributed by atoms with Crippen molar-refractivity contribution in [1.82, 2.24) is 4.98 Å². The van der Waals surface area contributed by atoms with Crippen LogP contribution < -0.4 is 11.1 Å². The van der Waals surface area contributed by atoms with Gasteiger partial charge >= 0.3 is 0 Å². The van der Waals surface area contributed by atoms with Gasteiger partial charge in [0.15, 0.2) is 5.13 Å². The molecule has 0 bridgehead atoms. The molecule has 0 aliphatic heterocycles. The quantitative estimate of drug-likeness (QED) is 0.888. The Labute approximate surface area is 112 Å². The molecule has 1 heterocycles. The van der Waals surface area contributed by atoms with Crippen LogP contribution in [-0.4, -0.2) is 16.9 Å². The molecular weight excluding hydrogens is 258 g/mol. The molecule has 1 aromatic heterocycles. The number of hydrogen-bond donors (Lipinski definition) is 2. The minimum absolute atomic E-state index is 0. The van der Waals surface area contributed by atoms with Gasteiger partial charge in [-0.2, -0.15) is 0 Å². The number of anilines is 1. The minimum Gasteiger partial charge on any atom is -0.320 e. The highest BCUT2D eigenvalue weighted by Crippen LogP contribution is 2.21. The summed E-state index contributed by atoms with van der Waals surface area (Å²) in [6.45, 7) is 8.00. The predicted molar refractivity (Wildman–Crippen MR) is 74.9 cm³/mol. The molecule has 0 aromatic carbocycles. The molecule has 0 radical (unpaired) electrons. The first kappa shape index (κ1) is 16.4. The van der Waals surface area contributed by atoms with Crippen molar-refractivity contribution < 1.29 is 4.79 Å². The second-order valence-corrected chi connectivity index (χ2v) is 5.59. The highest BCUT2D eigenvalue weighted by molar-refractivity contribution is 7.15. The minimum atomic E-state index is -0.454. The lowest BCUT2D eigenvalue weighted by atomic mass is 10.0. The van der Waals surface area contributed by atoms with Gasteiger partial charge in [-0.3, -0.25) is 4.79 Å². The van der Waals surface area contributed by atoms with E-state index in [0.717, 1.165) is 10.6 Å². The summed E-state index contributed by atoms with van der Waals surface area (Å²) in [5.74, 6) is 0.267. The summed E-state index contributed by atoms with van der Waals surface area (Å²) in [5, 5.41) is 3.39. The van der Waals surface area contributed by atoms with Gasteiger partial charge < -0.3 is 11.1 Å². The van der Waals surface area contributed by atoms with E-state index in [9.17, 15) is 4.79 Å². The van der Waals surface area contributed by atoms with E-state index in [1.807, 2.05) is 27.7 Å². The van der Waals surface area contributed by atoms with Gasteiger partial charge in [-0.1, -0.05) is 13.8 Å². The van der Waals surface area contributed by atoms with Crippen molar-refractivity contribution in [3.05, 3.63) is 10.6 Å². The fourth-order valence-corrected chi connectivity index (χ4v) is 2.16. The summed E-state index contributed by atoms with van der Waals surface area (Å²) >= 11 is 1.48. The Kier molecular flexibility index (Phi) is 6.67. The van der Waals surface area contributed by atoms with Gasteiger partial charge in [-0.25, -0.2) is 4.98 Å². The number of amides is 1. The monoisotopic (exact) mass is 277 g/mol. The standard InChI is InChI=1S/C11H19N3OS.ClH/c1-6(2)5-9(12)10(15)14-11-13-7(3)8(4)16-11;/h6,9H,5,12H2,1-4H3,(H,13,14,15);1H/t9-;/m0./s1. The van der Waals surface area contributed by atoms with E-state index in [1.165, 1.54) is 11.3 Å². The highest BCUT2D eigenvalue weighted by atomic mass is 35.5.